The van der Waals surface area contributed by atoms with E-state index in [1.807, 2.05) is 35.3 Å². The van der Waals surface area contributed by atoms with Crippen LogP contribution in [0, 0.1) is 0 Å². The Balaban J connectivity index is 2.08. The third-order valence-electron chi connectivity index (χ3n) is 2.87. The number of nitrogens with zero attached hydrogens (tertiary/aromatic N) is 2. The number of thiophene rings is 1. The van der Waals surface area contributed by atoms with E-state index in [9.17, 15) is 4.79 Å². The van der Waals surface area contributed by atoms with Gasteiger partial charge in [-0.15, -0.1) is 11.3 Å². The molecule has 0 aromatic carbocycles. The maximum absolute atomic E-state index is 12.4. The maximum atomic E-state index is 12.4. The van der Waals surface area contributed by atoms with Crippen molar-refractivity contribution in [3.63, 3.8) is 0 Å². The zero-order chi connectivity index (χ0) is 13.8. The predicted octanol–water partition coefficient (Wildman–Crippen LogP) is 3.99. The van der Waals surface area contributed by atoms with Crippen LogP contribution in [0.5, 0.6) is 0 Å². The summed E-state index contributed by atoms with van der Waals surface area (Å²) in [6.07, 6.45) is 2.99. The second kappa shape index (κ2) is 6.39. The standard InChI is InChI=1S/C14H17BrN2OS/c1-3-6-17-7-4-5-13(17)14(18)16(2)9-12-8-11(15)10-19-12/h4-5,7-8,10H,3,6,9H2,1-2H3. The van der Waals surface area contributed by atoms with Gasteiger partial charge in [0.15, 0.2) is 0 Å². The Morgan fingerprint density at radius 1 is 1.53 bits per heavy atom. The van der Waals surface area contributed by atoms with Crippen molar-refractivity contribution in [1.82, 2.24) is 9.47 Å². The second-order valence-electron chi connectivity index (χ2n) is 4.48. The van der Waals surface area contributed by atoms with Crippen molar-refractivity contribution in [1.29, 1.82) is 0 Å². The van der Waals surface area contributed by atoms with Gasteiger partial charge in [0.25, 0.3) is 5.91 Å². The van der Waals surface area contributed by atoms with Crippen molar-refractivity contribution in [2.45, 2.75) is 26.4 Å². The topological polar surface area (TPSA) is 25.2 Å². The SMILES string of the molecule is CCCn1cccc1C(=O)N(C)Cc1cc(Br)cs1. The molecule has 0 radical (unpaired) electrons. The number of carbonyl (C=O) groups is 1. The molecule has 102 valence electrons. The third kappa shape index (κ3) is 3.48. The van der Waals surface area contributed by atoms with Crippen LogP contribution in [-0.4, -0.2) is 22.4 Å². The van der Waals surface area contributed by atoms with E-state index in [2.05, 4.69) is 28.9 Å². The molecule has 2 aromatic heterocycles. The largest absolute Gasteiger partial charge is 0.344 e. The maximum Gasteiger partial charge on any atom is 0.270 e. The van der Waals surface area contributed by atoms with E-state index >= 15 is 0 Å². The molecule has 0 N–H and O–H groups in total. The first-order valence-electron chi connectivity index (χ1n) is 6.25. The molecule has 0 fully saturated rings. The summed E-state index contributed by atoms with van der Waals surface area (Å²) in [5.74, 6) is 0.0722. The zero-order valence-corrected chi connectivity index (χ0v) is 13.5. The lowest BCUT2D eigenvalue weighted by Crippen LogP contribution is -2.27. The highest BCUT2D eigenvalue weighted by Gasteiger charge is 2.16. The van der Waals surface area contributed by atoms with Crippen LogP contribution in [0.25, 0.3) is 0 Å². The van der Waals surface area contributed by atoms with E-state index in [0.29, 0.717) is 6.54 Å². The van der Waals surface area contributed by atoms with Crippen LogP contribution >= 0.6 is 27.3 Å². The molecule has 0 aliphatic carbocycles. The van der Waals surface area contributed by atoms with Gasteiger partial charge >= 0.3 is 0 Å². The lowest BCUT2D eigenvalue weighted by Gasteiger charge is -2.17. The van der Waals surface area contributed by atoms with E-state index in [4.69, 9.17) is 0 Å². The monoisotopic (exact) mass is 340 g/mol. The first-order chi connectivity index (χ1) is 9.11. The zero-order valence-electron chi connectivity index (χ0n) is 11.1. The molecular weight excluding hydrogens is 324 g/mol. The summed E-state index contributed by atoms with van der Waals surface area (Å²) in [6, 6.07) is 5.87. The van der Waals surface area contributed by atoms with Gasteiger partial charge in [-0.3, -0.25) is 4.79 Å². The lowest BCUT2D eigenvalue weighted by atomic mass is 10.3. The molecule has 0 saturated carbocycles. The van der Waals surface area contributed by atoms with E-state index in [1.165, 1.54) is 4.88 Å². The minimum atomic E-state index is 0.0722. The molecular formula is C14H17BrN2OS. The van der Waals surface area contributed by atoms with Gasteiger partial charge in [0.05, 0.1) is 6.54 Å². The second-order valence-corrected chi connectivity index (χ2v) is 6.39. The van der Waals surface area contributed by atoms with Crippen LogP contribution < -0.4 is 0 Å². The Bertz CT molecular complexity index is 561. The van der Waals surface area contributed by atoms with Crippen molar-refractivity contribution in [2.75, 3.05) is 7.05 Å². The van der Waals surface area contributed by atoms with E-state index in [1.54, 1.807) is 16.2 Å². The third-order valence-corrected chi connectivity index (χ3v) is 4.56. The van der Waals surface area contributed by atoms with Crippen molar-refractivity contribution >= 4 is 33.2 Å². The highest BCUT2D eigenvalue weighted by molar-refractivity contribution is 9.10. The van der Waals surface area contributed by atoms with Crippen LogP contribution in [0.3, 0.4) is 0 Å². The molecule has 0 aliphatic heterocycles. The number of carbonyl (C=O) groups excluding carboxylic acids is 1. The van der Waals surface area contributed by atoms with Gasteiger partial charge in [-0.1, -0.05) is 6.92 Å². The number of hydrogen-bond donors (Lipinski definition) is 0. The fourth-order valence-electron chi connectivity index (χ4n) is 1.98. The molecule has 19 heavy (non-hydrogen) atoms. The van der Waals surface area contributed by atoms with E-state index < -0.39 is 0 Å². The Hall–Kier alpha value is -1.07. The van der Waals surface area contributed by atoms with Crippen LogP contribution in [0.15, 0.2) is 34.2 Å². The fraction of sp³-hybridized carbons (Fsp3) is 0.357. The molecule has 2 heterocycles. The van der Waals surface area contributed by atoms with Gasteiger partial charge < -0.3 is 9.47 Å². The minimum Gasteiger partial charge on any atom is -0.344 e. The number of amides is 1. The van der Waals surface area contributed by atoms with E-state index in [0.717, 1.165) is 23.1 Å². The molecule has 0 aliphatic rings. The molecule has 0 bridgehead atoms. The summed E-state index contributed by atoms with van der Waals surface area (Å²) < 4.78 is 3.09. The first kappa shape index (κ1) is 14.3. The summed E-state index contributed by atoms with van der Waals surface area (Å²) in [6.45, 7) is 3.64. The fourth-order valence-corrected chi connectivity index (χ4v) is 3.49. The van der Waals surface area contributed by atoms with Crippen molar-refractivity contribution in [3.8, 4) is 0 Å². The first-order valence-corrected chi connectivity index (χ1v) is 7.92. The number of halogens is 1. The van der Waals surface area contributed by atoms with Crippen LogP contribution in [-0.2, 0) is 13.1 Å². The molecule has 1 amide bonds. The lowest BCUT2D eigenvalue weighted by molar-refractivity contribution is 0.0775. The van der Waals surface area contributed by atoms with Gasteiger partial charge in [-0.05, 0) is 40.5 Å². The van der Waals surface area contributed by atoms with Gasteiger partial charge in [-0.25, -0.2) is 0 Å². The summed E-state index contributed by atoms with van der Waals surface area (Å²) in [4.78, 5) is 15.4. The molecule has 0 atom stereocenters. The molecule has 5 heteroatoms. The van der Waals surface area contributed by atoms with Crippen molar-refractivity contribution in [2.24, 2.45) is 0 Å². The van der Waals surface area contributed by atoms with E-state index in [-0.39, 0.29) is 5.91 Å². The van der Waals surface area contributed by atoms with Crippen molar-refractivity contribution in [3.05, 3.63) is 44.8 Å². The molecule has 2 rings (SSSR count). The highest BCUT2D eigenvalue weighted by Crippen LogP contribution is 2.21. The summed E-state index contributed by atoms with van der Waals surface area (Å²) in [5.41, 5.74) is 0.764. The highest BCUT2D eigenvalue weighted by atomic mass is 79.9. The number of aryl methyl sites for hydroxylation is 1. The predicted molar refractivity (Wildman–Crippen MR) is 82.5 cm³/mol. The molecule has 3 nitrogen and oxygen atoms in total. The van der Waals surface area contributed by atoms with Crippen LogP contribution in [0.4, 0.5) is 0 Å². The van der Waals surface area contributed by atoms with Gasteiger partial charge in [0, 0.05) is 34.5 Å². The molecule has 2 aromatic rings. The molecule has 0 unspecified atom stereocenters. The van der Waals surface area contributed by atoms with Crippen LogP contribution in [0.2, 0.25) is 0 Å². The average Bonchev–Trinajstić information content (AvgIpc) is 2.98. The van der Waals surface area contributed by atoms with Crippen molar-refractivity contribution < 1.29 is 4.79 Å². The van der Waals surface area contributed by atoms with Gasteiger partial charge in [-0.2, -0.15) is 0 Å². The normalized spacial score (nSPS) is 10.7. The Labute approximate surface area is 126 Å². The Morgan fingerprint density at radius 3 is 2.95 bits per heavy atom. The van der Waals surface area contributed by atoms with Gasteiger partial charge in [0.2, 0.25) is 0 Å². The molecule has 0 spiro atoms. The number of hydrogen-bond acceptors (Lipinski definition) is 2. The number of rotatable bonds is 5. The molecule has 0 saturated heterocycles. The average molecular weight is 341 g/mol. The summed E-state index contributed by atoms with van der Waals surface area (Å²) in [5, 5.41) is 2.04. The Kier molecular flexibility index (Phi) is 4.82. The smallest absolute Gasteiger partial charge is 0.270 e. The quantitative estimate of drug-likeness (QED) is 0.807. The minimum absolute atomic E-state index is 0.0722. The Morgan fingerprint density at radius 2 is 2.32 bits per heavy atom. The number of aromatic nitrogens is 1. The summed E-state index contributed by atoms with van der Waals surface area (Å²) >= 11 is 5.09. The van der Waals surface area contributed by atoms with Crippen LogP contribution in [0.1, 0.15) is 28.7 Å². The summed E-state index contributed by atoms with van der Waals surface area (Å²) in [7, 11) is 1.85. The van der Waals surface area contributed by atoms with Gasteiger partial charge in [0.1, 0.15) is 5.69 Å².